The Hall–Kier alpha value is -1.67. The molecule has 1 aromatic rings. The molecule has 2 N–H and O–H groups in total. The second-order valence-corrected chi connectivity index (χ2v) is 4.43. The molecule has 1 aromatic carbocycles. The van der Waals surface area contributed by atoms with Crippen molar-refractivity contribution in [2.45, 2.75) is 26.3 Å². The zero-order chi connectivity index (χ0) is 13.7. The molecule has 0 amide bonds. The first kappa shape index (κ1) is 14.4. The van der Waals surface area contributed by atoms with Gasteiger partial charge in [-0.1, -0.05) is 13.8 Å². The van der Waals surface area contributed by atoms with Crippen molar-refractivity contribution in [2.24, 2.45) is 5.92 Å². The second kappa shape index (κ2) is 6.31. The van der Waals surface area contributed by atoms with Crippen molar-refractivity contribution in [3.63, 3.8) is 0 Å². The van der Waals surface area contributed by atoms with Crippen LogP contribution < -0.4 is 5.32 Å². The number of nitrogens with one attached hydrogen (secondary N) is 1. The molecule has 98 valence electrons. The van der Waals surface area contributed by atoms with E-state index >= 15 is 0 Å². The lowest BCUT2D eigenvalue weighted by Crippen LogP contribution is -2.27. The molecule has 3 nitrogen and oxygen atoms in total. The lowest BCUT2D eigenvalue weighted by atomic mass is 10.0. The van der Waals surface area contributed by atoms with E-state index in [4.69, 9.17) is 10.4 Å². The van der Waals surface area contributed by atoms with Crippen molar-refractivity contribution in [1.82, 2.24) is 0 Å². The van der Waals surface area contributed by atoms with Gasteiger partial charge in [0.15, 0.2) is 11.6 Å². The van der Waals surface area contributed by atoms with Crippen molar-refractivity contribution in [2.75, 3.05) is 11.9 Å². The summed E-state index contributed by atoms with van der Waals surface area (Å²) in [6.45, 7) is 3.73. The van der Waals surface area contributed by atoms with E-state index in [9.17, 15) is 8.78 Å². The number of benzene rings is 1. The van der Waals surface area contributed by atoms with Gasteiger partial charge >= 0.3 is 0 Å². The molecule has 1 atom stereocenters. The molecule has 1 unspecified atom stereocenters. The Kier molecular flexibility index (Phi) is 5.05. The highest BCUT2D eigenvalue weighted by Crippen LogP contribution is 2.23. The summed E-state index contributed by atoms with van der Waals surface area (Å²) in [7, 11) is 0. The van der Waals surface area contributed by atoms with Crippen LogP contribution in [0.15, 0.2) is 12.1 Å². The average molecular weight is 254 g/mol. The number of anilines is 1. The lowest BCUT2D eigenvalue weighted by molar-refractivity contribution is 0.267. The molecule has 0 aromatic heterocycles. The van der Waals surface area contributed by atoms with E-state index in [-0.39, 0.29) is 29.8 Å². The minimum Gasteiger partial charge on any atom is -0.396 e. The average Bonchev–Trinajstić information content (AvgIpc) is 2.31. The Morgan fingerprint density at radius 3 is 2.28 bits per heavy atom. The Balaban J connectivity index is 3.00. The summed E-state index contributed by atoms with van der Waals surface area (Å²) in [5.74, 6) is -1.48. The van der Waals surface area contributed by atoms with Crippen LogP contribution in [0.4, 0.5) is 14.5 Å². The summed E-state index contributed by atoms with van der Waals surface area (Å²) in [5.41, 5.74) is -0.306. The summed E-state index contributed by atoms with van der Waals surface area (Å²) >= 11 is 0. The molecule has 1 rings (SSSR count). The summed E-state index contributed by atoms with van der Waals surface area (Å²) in [5, 5.41) is 20.3. The van der Waals surface area contributed by atoms with Crippen molar-refractivity contribution < 1.29 is 13.9 Å². The van der Waals surface area contributed by atoms with Gasteiger partial charge < -0.3 is 10.4 Å². The maximum Gasteiger partial charge on any atom is 0.150 e. The molecule has 0 aliphatic heterocycles. The van der Waals surface area contributed by atoms with Gasteiger partial charge in [0.05, 0.1) is 11.6 Å². The van der Waals surface area contributed by atoms with Crippen molar-refractivity contribution in [3.05, 3.63) is 29.3 Å². The van der Waals surface area contributed by atoms with E-state index in [1.807, 2.05) is 13.8 Å². The van der Waals surface area contributed by atoms with Gasteiger partial charge in [-0.25, -0.2) is 8.78 Å². The number of halogens is 2. The summed E-state index contributed by atoms with van der Waals surface area (Å²) < 4.78 is 27.3. The molecular weight excluding hydrogens is 238 g/mol. The van der Waals surface area contributed by atoms with Crippen LogP contribution in [0, 0.1) is 28.9 Å². The van der Waals surface area contributed by atoms with Crippen LogP contribution in [0.2, 0.25) is 0 Å². The Morgan fingerprint density at radius 1 is 1.33 bits per heavy atom. The Morgan fingerprint density at radius 2 is 1.89 bits per heavy atom. The van der Waals surface area contributed by atoms with Crippen molar-refractivity contribution in [3.8, 4) is 6.07 Å². The third kappa shape index (κ3) is 3.41. The first-order valence-electron chi connectivity index (χ1n) is 5.76. The van der Waals surface area contributed by atoms with E-state index < -0.39 is 11.6 Å². The SMILES string of the molecule is CC(C)C(CCO)Nc1c(F)cc(C#N)cc1F. The molecule has 0 bridgehead atoms. The number of rotatable bonds is 5. The predicted molar refractivity (Wildman–Crippen MR) is 65.0 cm³/mol. The number of aliphatic hydroxyl groups is 1. The first-order valence-corrected chi connectivity index (χ1v) is 5.76. The van der Waals surface area contributed by atoms with Crippen LogP contribution in [0.1, 0.15) is 25.8 Å². The monoisotopic (exact) mass is 254 g/mol. The highest BCUT2D eigenvalue weighted by Gasteiger charge is 2.18. The quantitative estimate of drug-likeness (QED) is 0.849. The smallest absolute Gasteiger partial charge is 0.150 e. The van der Waals surface area contributed by atoms with Gasteiger partial charge in [0.25, 0.3) is 0 Å². The molecule has 5 heteroatoms. The molecule has 0 radical (unpaired) electrons. The number of nitrogens with zero attached hydrogens (tertiary/aromatic N) is 1. The van der Waals surface area contributed by atoms with Crippen LogP contribution in [0.3, 0.4) is 0 Å². The third-order valence-electron chi connectivity index (χ3n) is 2.75. The second-order valence-electron chi connectivity index (χ2n) is 4.43. The zero-order valence-electron chi connectivity index (χ0n) is 10.4. The number of aliphatic hydroxyl groups excluding tert-OH is 1. The number of nitriles is 1. The molecule has 0 heterocycles. The molecule has 0 spiro atoms. The van der Waals surface area contributed by atoms with Crippen LogP contribution in [0.25, 0.3) is 0 Å². The van der Waals surface area contributed by atoms with E-state index in [1.165, 1.54) is 0 Å². The summed E-state index contributed by atoms with van der Waals surface area (Å²) in [6, 6.07) is 3.44. The van der Waals surface area contributed by atoms with Gasteiger partial charge in [-0.3, -0.25) is 0 Å². The maximum atomic E-state index is 13.6. The first-order chi connectivity index (χ1) is 8.49. The van der Waals surface area contributed by atoms with Crippen LogP contribution in [-0.4, -0.2) is 17.8 Å². The Labute approximate surface area is 105 Å². The third-order valence-corrected chi connectivity index (χ3v) is 2.75. The highest BCUT2D eigenvalue weighted by atomic mass is 19.1. The van der Waals surface area contributed by atoms with E-state index in [1.54, 1.807) is 6.07 Å². The normalized spacial score (nSPS) is 12.3. The maximum absolute atomic E-state index is 13.6. The van der Waals surface area contributed by atoms with E-state index in [0.29, 0.717) is 6.42 Å². The topological polar surface area (TPSA) is 56.0 Å². The van der Waals surface area contributed by atoms with Crippen LogP contribution in [0.5, 0.6) is 0 Å². The molecule has 18 heavy (non-hydrogen) atoms. The minimum absolute atomic E-state index is 0.0567. The molecule has 0 saturated carbocycles. The molecule has 0 aliphatic rings. The summed E-state index contributed by atoms with van der Waals surface area (Å²) in [4.78, 5) is 0. The molecule has 0 saturated heterocycles. The lowest BCUT2D eigenvalue weighted by Gasteiger charge is -2.23. The van der Waals surface area contributed by atoms with Crippen molar-refractivity contribution >= 4 is 5.69 Å². The van der Waals surface area contributed by atoms with E-state index in [2.05, 4.69) is 5.32 Å². The van der Waals surface area contributed by atoms with Gasteiger partial charge in [0.2, 0.25) is 0 Å². The molecule has 0 aliphatic carbocycles. The summed E-state index contributed by atoms with van der Waals surface area (Å²) in [6.07, 6.45) is 0.399. The molecular formula is C13H16F2N2O. The number of hydrogen-bond donors (Lipinski definition) is 2. The fraction of sp³-hybridized carbons (Fsp3) is 0.462. The van der Waals surface area contributed by atoms with Crippen LogP contribution in [-0.2, 0) is 0 Å². The fourth-order valence-electron chi connectivity index (χ4n) is 1.67. The standard InChI is InChI=1S/C13H16F2N2O/c1-8(2)12(3-4-18)17-13-10(14)5-9(7-16)6-11(13)15/h5-6,8,12,17-18H,3-4H2,1-2H3. The van der Waals surface area contributed by atoms with Gasteiger partial charge in [-0.2, -0.15) is 5.26 Å². The van der Waals surface area contributed by atoms with E-state index in [0.717, 1.165) is 12.1 Å². The van der Waals surface area contributed by atoms with Crippen LogP contribution >= 0.6 is 0 Å². The van der Waals surface area contributed by atoms with Gasteiger partial charge in [-0.15, -0.1) is 0 Å². The fourth-order valence-corrected chi connectivity index (χ4v) is 1.67. The number of hydrogen-bond acceptors (Lipinski definition) is 3. The van der Waals surface area contributed by atoms with Gasteiger partial charge in [0.1, 0.15) is 5.69 Å². The van der Waals surface area contributed by atoms with Crippen molar-refractivity contribution in [1.29, 1.82) is 5.26 Å². The molecule has 0 fully saturated rings. The zero-order valence-corrected chi connectivity index (χ0v) is 10.4. The largest absolute Gasteiger partial charge is 0.396 e. The Bertz CT molecular complexity index is 432. The predicted octanol–water partition coefficient (Wildman–Crippen LogP) is 2.66. The minimum atomic E-state index is -0.796. The van der Waals surface area contributed by atoms with Gasteiger partial charge in [0, 0.05) is 12.6 Å². The van der Waals surface area contributed by atoms with Gasteiger partial charge in [-0.05, 0) is 24.5 Å². The highest BCUT2D eigenvalue weighted by molar-refractivity contribution is 5.51.